The van der Waals surface area contributed by atoms with Crippen LogP contribution in [0.2, 0.25) is 0 Å². The molecule has 0 spiro atoms. The molecule has 0 aliphatic carbocycles. The number of H-pyrrole nitrogens is 1. The highest BCUT2D eigenvalue weighted by Gasteiger charge is 2.08. The quantitative estimate of drug-likeness (QED) is 0.622. The van der Waals surface area contributed by atoms with Crippen molar-refractivity contribution in [2.45, 2.75) is 38.9 Å². The van der Waals surface area contributed by atoms with E-state index in [9.17, 15) is 9.59 Å². The van der Waals surface area contributed by atoms with E-state index in [1.807, 2.05) is 13.8 Å². The summed E-state index contributed by atoms with van der Waals surface area (Å²) < 4.78 is 0. The molecule has 1 amide bonds. The first kappa shape index (κ1) is 13.8. The third kappa shape index (κ3) is 4.22. The van der Waals surface area contributed by atoms with Gasteiger partial charge in [0.15, 0.2) is 5.16 Å². The molecule has 6 heteroatoms. The number of rotatable bonds is 4. The number of thioether (sulfide) groups is 1. The molecule has 1 rings (SSSR count). The van der Waals surface area contributed by atoms with Gasteiger partial charge in [0.2, 0.25) is 5.91 Å². The molecule has 0 fully saturated rings. The van der Waals surface area contributed by atoms with Gasteiger partial charge in [0.05, 0.1) is 5.75 Å². The Morgan fingerprint density at radius 3 is 2.65 bits per heavy atom. The van der Waals surface area contributed by atoms with Gasteiger partial charge in [-0.15, -0.1) is 0 Å². The minimum atomic E-state index is -0.149. The highest BCUT2D eigenvalue weighted by atomic mass is 32.2. The third-order valence-electron chi connectivity index (χ3n) is 2.16. The number of amides is 1. The number of aromatic nitrogens is 2. The first-order chi connectivity index (χ1) is 7.90. The van der Waals surface area contributed by atoms with Crippen LogP contribution in [0.15, 0.2) is 9.95 Å². The molecule has 0 saturated carbocycles. The van der Waals surface area contributed by atoms with Crippen LogP contribution in [-0.2, 0) is 4.79 Å². The van der Waals surface area contributed by atoms with Crippen LogP contribution in [0.3, 0.4) is 0 Å². The number of carbonyl (C=O) groups excluding carboxylic acids is 1. The fraction of sp³-hybridized carbons (Fsp3) is 0.545. The van der Waals surface area contributed by atoms with Crippen molar-refractivity contribution in [2.24, 2.45) is 0 Å². The normalized spacial score (nSPS) is 10.6. The molecule has 5 nitrogen and oxygen atoms in total. The first-order valence-corrected chi connectivity index (χ1v) is 6.38. The molecule has 17 heavy (non-hydrogen) atoms. The largest absolute Gasteiger partial charge is 0.353 e. The van der Waals surface area contributed by atoms with Crippen LogP contribution in [0.5, 0.6) is 0 Å². The lowest BCUT2D eigenvalue weighted by atomic mass is 10.3. The molecular formula is C11H17N3O2S. The van der Waals surface area contributed by atoms with Crippen LogP contribution < -0.4 is 10.9 Å². The molecule has 1 heterocycles. The minimum Gasteiger partial charge on any atom is -0.353 e. The van der Waals surface area contributed by atoms with Gasteiger partial charge in [-0.1, -0.05) is 11.8 Å². The summed E-state index contributed by atoms with van der Waals surface area (Å²) in [6.45, 7) is 7.31. The van der Waals surface area contributed by atoms with Crippen LogP contribution >= 0.6 is 11.8 Å². The number of aryl methyl sites for hydroxylation is 1. The first-order valence-electron chi connectivity index (χ1n) is 5.40. The van der Waals surface area contributed by atoms with E-state index in [-0.39, 0.29) is 23.3 Å². The number of hydrogen-bond donors (Lipinski definition) is 2. The van der Waals surface area contributed by atoms with E-state index in [1.54, 1.807) is 13.8 Å². The third-order valence-corrected chi connectivity index (χ3v) is 3.04. The predicted octanol–water partition coefficient (Wildman–Crippen LogP) is 1.00. The fourth-order valence-corrected chi connectivity index (χ4v) is 1.90. The summed E-state index contributed by atoms with van der Waals surface area (Å²) in [6.07, 6.45) is 0. The zero-order valence-electron chi connectivity index (χ0n) is 10.5. The van der Waals surface area contributed by atoms with Crippen molar-refractivity contribution in [3.8, 4) is 0 Å². The second-order valence-corrected chi connectivity index (χ2v) is 5.06. The Kier molecular flexibility index (Phi) is 4.74. The SMILES string of the molecule is Cc1nc(SCC(=O)NC(C)C)[nH]c(=O)c1C. The Bertz CT molecular complexity index is 468. The van der Waals surface area contributed by atoms with E-state index in [0.29, 0.717) is 16.4 Å². The van der Waals surface area contributed by atoms with E-state index >= 15 is 0 Å². The van der Waals surface area contributed by atoms with Crippen LogP contribution in [0.25, 0.3) is 0 Å². The van der Waals surface area contributed by atoms with Crippen molar-refractivity contribution in [1.29, 1.82) is 0 Å². The number of aromatic amines is 1. The van der Waals surface area contributed by atoms with Crippen molar-refractivity contribution in [3.63, 3.8) is 0 Å². The summed E-state index contributed by atoms with van der Waals surface area (Å²) in [5, 5.41) is 3.26. The van der Waals surface area contributed by atoms with Gasteiger partial charge < -0.3 is 10.3 Å². The topological polar surface area (TPSA) is 74.8 Å². The fourth-order valence-electron chi connectivity index (χ4n) is 1.19. The van der Waals surface area contributed by atoms with E-state index in [1.165, 1.54) is 11.8 Å². The van der Waals surface area contributed by atoms with Gasteiger partial charge >= 0.3 is 0 Å². The number of carbonyl (C=O) groups is 1. The second kappa shape index (κ2) is 5.86. The molecule has 0 saturated heterocycles. The van der Waals surface area contributed by atoms with Gasteiger partial charge in [-0.05, 0) is 27.7 Å². The van der Waals surface area contributed by atoms with Crippen molar-refractivity contribution >= 4 is 17.7 Å². The summed E-state index contributed by atoms with van der Waals surface area (Å²) in [6, 6.07) is 0.120. The molecule has 0 radical (unpaired) electrons. The van der Waals surface area contributed by atoms with Crippen LogP contribution in [0.4, 0.5) is 0 Å². The zero-order chi connectivity index (χ0) is 13.0. The highest BCUT2D eigenvalue weighted by molar-refractivity contribution is 7.99. The van der Waals surface area contributed by atoms with Gasteiger partial charge in [0, 0.05) is 17.3 Å². The number of nitrogens with one attached hydrogen (secondary N) is 2. The van der Waals surface area contributed by atoms with E-state index in [4.69, 9.17) is 0 Å². The number of nitrogens with zero attached hydrogens (tertiary/aromatic N) is 1. The Morgan fingerprint density at radius 2 is 2.12 bits per heavy atom. The molecule has 0 aromatic carbocycles. The molecular weight excluding hydrogens is 238 g/mol. The van der Waals surface area contributed by atoms with E-state index < -0.39 is 0 Å². The lowest BCUT2D eigenvalue weighted by Crippen LogP contribution is -2.31. The summed E-state index contributed by atoms with van der Waals surface area (Å²) in [5.41, 5.74) is 1.16. The molecule has 0 aliphatic rings. The Morgan fingerprint density at radius 1 is 1.47 bits per heavy atom. The van der Waals surface area contributed by atoms with Gasteiger partial charge in [-0.2, -0.15) is 0 Å². The molecule has 94 valence electrons. The monoisotopic (exact) mass is 255 g/mol. The molecule has 1 aromatic heterocycles. The standard InChI is InChI=1S/C11H17N3O2S/c1-6(2)12-9(15)5-17-11-13-8(4)7(3)10(16)14-11/h6H,5H2,1-4H3,(H,12,15)(H,13,14,16). The van der Waals surface area contributed by atoms with Crippen LogP contribution in [-0.4, -0.2) is 27.7 Å². The maximum Gasteiger partial charge on any atom is 0.254 e. The second-order valence-electron chi connectivity index (χ2n) is 4.09. The average Bonchev–Trinajstić information content (AvgIpc) is 2.22. The van der Waals surface area contributed by atoms with Crippen molar-refractivity contribution in [2.75, 3.05) is 5.75 Å². The van der Waals surface area contributed by atoms with E-state index in [0.717, 1.165) is 0 Å². The maximum atomic E-state index is 11.5. The van der Waals surface area contributed by atoms with Crippen molar-refractivity contribution < 1.29 is 4.79 Å². The number of hydrogen-bond acceptors (Lipinski definition) is 4. The predicted molar refractivity (Wildman–Crippen MR) is 68.3 cm³/mol. The highest BCUT2D eigenvalue weighted by Crippen LogP contribution is 2.11. The van der Waals surface area contributed by atoms with Crippen molar-refractivity contribution in [1.82, 2.24) is 15.3 Å². The van der Waals surface area contributed by atoms with Gasteiger partial charge in [-0.25, -0.2) is 4.98 Å². The molecule has 0 aliphatic heterocycles. The molecule has 0 atom stereocenters. The van der Waals surface area contributed by atoms with Gasteiger partial charge in [0.1, 0.15) is 0 Å². The lowest BCUT2D eigenvalue weighted by molar-refractivity contribution is -0.119. The molecule has 2 N–H and O–H groups in total. The van der Waals surface area contributed by atoms with Gasteiger partial charge in [-0.3, -0.25) is 9.59 Å². The Hall–Kier alpha value is -1.30. The summed E-state index contributed by atoms with van der Waals surface area (Å²) >= 11 is 1.23. The zero-order valence-corrected chi connectivity index (χ0v) is 11.3. The minimum absolute atomic E-state index is 0.0640. The van der Waals surface area contributed by atoms with Crippen LogP contribution in [0, 0.1) is 13.8 Å². The molecule has 0 bridgehead atoms. The van der Waals surface area contributed by atoms with Gasteiger partial charge in [0.25, 0.3) is 5.56 Å². The summed E-state index contributed by atoms with van der Waals surface area (Å²) in [7, 11) is 0. The Balaban J connectivity index is 2.64. The van der Waals surface area contributed by atoms with E-state index in [2.05, 4.69) is 15.3 Å². The summed E-state index contributed by atoms with van der Waals surface area (Å²) in [5.74, 6) is 0.190. The van der Waals surface area contributed by atoms with Crippen molar-refractivity contribution in [3.05, 3.63) is 21.6 Å². The lowest BCUT2D eigenvalue weighted by Gasteiger charge is -2.07. The smallest absolute Gasteiger partial charge is 0.254 e. The van der Waals surface area contributed by atoms with Crippen LogP contribution in [0.1, 0.15) is 25.1 Å². The molecule has 1 aromatic rings. The summed E-state index contributed by atoms with van der Waals surface area (Å²) in [4.78, 5) is 29.7. The Labute approximate surface area is 104 Å². The molecule has 0 unspecified atom stereocenters. The average molecular weight is 255 g/mol. The maximum absolute atomic E-state index is 11.5.